The van der Waals surface area contributed by atoms with Gasteiger partial charge in [0.15, 0.2) is 6.29 Å². The first-order valence-corrected chi connectivity index (χ1v) is 6.18. The van der Waals surface area contributed by atoms with E-state index in [-0.39, 0.29) is 0 Å². The number of para-hydroxylation sites is 1. The number of hydrogen-bond acceptors (Lipinski definition) is 3. The van der Waals surface area contributed by atoms with Crippen molar-refractivity contribution in [1.29, 1.82) is 0 Å². The van der Waals surface area contributed by atoms with Gasteiger partial charge in [-0.25, -0.2) is 0 Å². The number of hydrogen-bond donors (Lipinski definition) is 0. The monoisotopic (exact) mass is 233 g/mol. The molecular formula is C14H19NO2. The molecule has 0 spiro atoms. The number of aldehydes is 1. The van der Waals surface area contributed by atoms with Crippen LogP contribution in [0.4, 0.5) is 5.69 Å². The van der Waals surface area contributed by atoms with Crippen LogP contribution in [0.3, 0.4) is 0 Å². The van der Waals surface area contributed by atoms with Crippen molar-refractivity contribution in [2.75, 3.05) is 25.1 Å². The molecule has 1 saturated heterocycles. The molecule has 1 fully saturated rings. The molecule has 1 aromatic rings. The molecule has 92 valence electrons. The summed E-state index contributed by atoms with van der Waals surface area (Å²) in [6.07, 6.45) is 4.74. The molecule has 1 aliphatic heterocycles. The van der Waals surface area contributed by atoms with Gasteiger partial charge in [-0.1, -0.05) is 12.1 Å². The molecule has 3 nitrogen and oxygen atoms in total. The molecule has 17 heavy (non-hydrogen) atoms. The highest BCUT2D eigenvalue weighted by molar-refractivity contribution is 5.84. The third-order valence-electron chi connectivity index (χ3n) is 3.23. The standard InChI is InChI=1S/C14H19NO2/c1-15(10-13-7-4-5-9-17-13)14-8-3-2-6-12(14)11-16/h2-3,6,8,11,13H,4-5,7,9-10H2,1H3. The number of rotatable bonds is 4. The van der Waals surface area contributed by atoms with E-state index in [1.807, 2.05) is 31.3 Å². The molecule has 0 saturated carbocycles. The van der Waals surface area contributed by atoms with Crippen LogP contribution in [0.5, 0.6) is 0 Å². The zero-order chi connectivity index (χ0) is 12.1. The van der Waals surface area contributed by atoms with E-state index in [4.69, 9.17) is 4.74 Å². The van der Waals surface area contributed by atoms with Crippen molar-refractivity contribution in [2.45, 2.75) is 25.4 Å². The predicted octanol–water partition coefficient (Wildman–Crippen LogP) is 2.50. The zero-order valence-electron chi connectivity index (χ0n) is 10.3. The van der Waals surface area contributed by atoms with Crippen molar-refractivity contribution in [3.63, 3.8) is 0 Å². The number of benzene rings is 1. The largest absolute Gasteiger partial charge is 0.376 e. The number of likely N-dealkylation sites (N-methyl/N-ethyl adjacent to an activating group) is 1. The molecule has 1 aliphatic rings. The summed E-state index contributed by atoms with van der Waals surface area (Å²) in [5, 5.41) is 0. The van der Waals surface area contributed by atoms with Gasteiger partial charge >= 0.3 is 0 Å². The third kappa shape index (κ3) is 3.07. The molecule has 0 aromatic heterocycles. The van der Waals surface area contributed by atoms with E-state index in [1.54, 1.807) is 0 Å². The Labute approximate surface area is 102 Å². The predicted molar refractivity (Wildman–Crippen MR) is 68.7 cm³/mol. The van der Waals surface area contributed by atoms with E-state index in [2.05, 4.69) is 4.90 Å². The molecule has 0 radical (unpaired) electrons. The Morgan fingerprint density at radius 3 is 2.94 bits per heavy atom. The minimum Gasteiger partial charge on any atom is -0.376 e. The average molecular weight is 233 g/mol. The van der Waals surface area contributed by atoms with Crippen LogP contribution >= 0.6 is 0 Å². The van der Waals surface area contributed by atoms with E-state index in [9.17, 15) is 4.79 Å². The lowest BCUT2D eigenvalue weighted by Crippen LogP contribution is -2.33. The second kappa shape index (κ2) is 5.82. The smallest absolute Gasteiger partial charge is 0.152 e. The summed E-state index contributed by atoms with van der Waals surface area (Å²) in [7, 11) is 2.01. The Balaban J connectivity index is 2.02. The summed E-state index contributed by atoms with van der Waals surface area (Å²) in [5.74, 6) is 0. The molecule has 3 heteroatoms. The van der Waals surface area contributed by atoms with Gasteiger partial charge in [0.05, 0.1) is 6.10 Å². The van der Waals surface area contributed by atoms with Gasteiger partial charge in [-0.15, -0.1) is 0 Å². The van der Waals surface area contributed by atoms with Crippen molar-refractivity contribution in [3.8, 4) is 0 Å². The quantitative estimate of drug-likeness (QED) is 0.748. The fraction of sp³-hybridized carbons (Fsp3) is 0.500. The lowest BCUT2D eigenvalue weighted by molar-refractivity contribution is 0.0216. The summed E-state index contributed by atoms with van der Waals surface area (Å²) in [4.78, 5) is 13.1. The van der Waals surface area contributed by atoms with Gasteiger partial charge in [0.1, 0.15) is 0 Å². The van der Waals surface area contributed by atoms with Crippen molar-refractivity contribution < 1.29 is 9.53 Å². The highest BCUT2D eigenvalue weighted by Crippen LogP contribution is 2.20. The van der Waals surface area contributed by atoms with Crippen molar-refractivity contribution in [2.24, 2.45) is 0 Å². The third-order valence-corrected chi connectivity index (χ3v) is 3.23. The molecular weight excluding hydrogens is 214 g/mol. The minimum absolute atomic E-state index is 0.299. The van der Waals surface area contributed by atoms with Crippen molar-refractivity contribution in [1.82, 2.24) is 0 Å². The Hall–Kier alpha value is -1.35. The average Bonchev–Trinajstić information content (AvgIpc) is 2.40. The van der Waals surface area contributed by atoms with Crippen LogP contribution in [0.2, 0.25) is 0 Å². The molecule has 0 aliphatic carbocycles. The van der Waals surface area contributed by atoms with Crippen LogP contribution in [-0.4, -0.2) is 32.6 Å². The van der Waals surface area contributed by atoms with Crippen LogP contribution in [0.25, 0.3) is 0 Å². The number of ether oxygens (including phenoxy) is 1. The normalized spacial score (nSPS) is 19.9. The van der Waals surface area contributed by atoms with Crippen LogP contribution in [0.15, 0.2) is 24.3 Å². The second-order valence-electron chi connectivity index (χ2n) is 4.55. The zero-order valence-corrected chi connectivity index (χ0v) is 10.3. The maximum absolute atomic E-state index is 11.0. The molecule has 2 rings (SSSR count). The lowest BCUT2D eigenvalue weighted by atomic mass is 10.1. The molecule has 0 N–H and O–H groups in total. The van der Waals surface area contributed by atoms with Gasteiger partial charge in [-0.05, 0) is 31.4 Å². The molecule has 1 atom stereocenters. The topological polar surface area (TPSA) is 29.5 Å². The lowest BCUT2D eigenvalue weighted by Gasteiger charge is -2.29. The first-order chi connectivity index (χ1) is 8.31. The minimum atomic E-state index is 0.299. The number of carbonyl (C=O) groups is 1. The first kappa shape index (κ1) is 12.1. The number of anilines is 1. The van der Waals surface area contributed by atoms with Gasteiger partial charge in [0.2, 0.25) is 0 Å². The number of carbonyl (C=O) groups excluding carboxylic acids is 1. The van der Waals surface area contributed by atoms with Crippen LogP contribution in [-0.2, 0) is 4.74 Å². The van der Waals surface area contributed by atoms with Crippen LogP contribution in [0, 0.1) is 0 Å². The SMILES string of the molecule is CN(CC1CCCCO1)c1ccccc1C=O. The summed E-state index contributed by atoms with van der Waals surface area (Å²) in [5.41, 5.74) is 1.72. The Morgan fingerprint density at radius 2 is 2.24 bits per heavy atom. The molecule has 0 bridgehead atoms. The van der Waals surface area contributed by atoms with Gasteiger partial charge in [0.25, 0.3) is 0 Å². The summed E-state index contributed by atoms with van der Waals surface area (Å²) < 4.78 is 5.71. The summed E-state index contributed by atoms with van der Waals surface area (Å²) >= 11 is 0. The van der Waals surface area contributed by atoms with Crippen molar-refractivity contribution in [3.05, 3.63) is 29.8 Å². The highest BCUT2D eigenvalue weighted by atomic mass is 16.5. The van der Waals surface area contributed by atoms with Crippen molar-refractivity contribution >= 4 is 12.0 Å². The molecule has 1 aromatic carbocycles. The second-order valence-corrected chi connectivity index (χ2v) is 4.55. The van der Waals surface area contributed by atoms with E-state index in [0.717, 1.165) is 37.1 Å². The first-order valence-electron chi connectivity index (χ1n) is 6.18. The van der Waals surface area contributed by atoms with E-state index in [0.29, 0.717) is 6.10 Å². The van der Waals surface area contributed by atoms with Gasteiger partial charge in [0, 0.05) is 31.5 Å². The molecule has 1 unspecified atom stereocenters. The fourth-order valence-electron chi connectivity index (χ4n) is 2.29. The maximum atomic E-state index is 11.0. The van der Waals surface area contributed by atoms with Crippen LogP contribution in [0.1, 0.15) is 29.6 Å². The fourth-order valence-corrected chi connectivity index (χ4v) is 2.29. The van der Waals surface area contributed by atoms with Gasteiger partial charge < -0.3 is 9.64 Å². The Bertz CT molecular complexity index is 372. The van der Waals surface area contributed by atoms with Gasteiger partial charge in [-0.2, -0.15) is 0 Å². The Kier molecular flexibility index (Phi) is 4.15. The molecule has 1 heterocycles. The number of nitrogens with zero attached hydrogens (tertiary/aromatic N) is 1. The van der Waals surface area contributed by atoms with Crippen LogP contribution < -0.4 is 4.90 Å². The van der Waals surface area contributed by atoms with E-state index < -0.39 is 0 Å². The Morgan fingerprint density at radius 1 is 1.41 bits per heavy atom. The van der Waals surface area contributed by atoms with E-state index >= 15 is 0 Å². The summed E-state index contributed by atoms with van der Waals surface area (Å²) in [6, 6.07) is 7.67. The highest BCUT2D eigenvalue weighted by Gasteiger charge is 2.17. The summed E-state index contributed by atoms with van der Waals surface area (Å²) in [6.45, 7) is 1.72. The maximum Gasteiger partial charge on any atom is 0.152 e. The van der Waals surface area contributed by atoms with E-state index in [1.165, 1.54) is 12.8 Å². The molecule has 0 amide bonds. The van der Waals surface area contributed by atoms with Gasteiger partial charge in [-0.3, -0.25) is 4.79 Å².